The van der Waals surface area contributed by atoms with Crippen molar-refractivity contribution < 1.29 is 23.9 Å². The lowest BCUT2D eigenvalue weighted by atomic mass is 10.0. The summed E-state index contributed by atoms with van der Waals surface area (Å²) in [6, 6.07) is 8.34. The van der Waals surface area contributed by atoms with Crippen molar-refractivity contribution in [3.8, 4) is 0 Å². The Labute approximate surface area is 154 Å². The Bertz CT molecular complexity index is 635. The average molecular weight is 364 g/mol. The van der Waals surface area contributed by atoms with Crippen LogP contribution in [0.4, 0.5) is 4.79 Å². The highest BCUT2D eigenvalue weighted by molar-refractivity contribution is 5.91. The van der Waals surface area contributed by atoms with E-state index in [0.29, 0.717) is 0 Å². The topological polar surface area (TPSA) is 93.7 Å². The van der Waals surface area contributed by atoms with Gasteiger partial charge in [-0.25, -0.2) is 9.59 Å². The van der Waals surface area contributed by atoms with Crippen LogP contribution >= 0.6 is 0 Å². The molecule has 7 nitrogen and oxygen atoms in total. The van der Waals surface area contributed by atoms with Crippen molar-refractivity contribution in [1.82, 2.24) is 10.6 Å². The third-order valence-corrected chi connectivity index (χ3v) is 3.42. The van der Waals surface area contributed by atoms with Gasteiger partial charge in [0.15, 0.2) is 0 Å². The summed E-state index contributed by atoms with van der Waals surface area (Å²) in [7, 11) is 1.25. The molecule has 0 aliphatic heterocycles. The minimum Gasteiger partial charge on any atom is -0.467 e. The fourth-order valence-electron chi connectivity index (χ4n) is 2.21. The van der Waals surface area contributed by atoms with Crippen LogP contribution in [0.3, 0.4) is 0 Å². The quantitative estimate of drug-likeness (QED) is 0.755. The van der Waals surface area contributed by atoms with E-state index in [0.717, 1.165) is 5.56 Å². The van der Waals surface area contributed by atoms with Gasteiger partial charge in [0.1, 0.15) is 17.2 Å². The third-order valence-electron chi connectivity index (χ3n) is 3.42. The van der Waals surface area contributed by atoms with Crippen LogP contribution in [0.25, 0.3) is 0 Å². The van der Waals surface area contributed by atoms with Crippen molar-refractivity contribution in [1.29, 1.82) is 0 Å². The van der Waals surface area contributed by atoms with Crippen molar-refractivity contribution in [2.24, 2.45) is 0 Å². The molecule has 1 atom stereocenters. The molecular formula is C19H28N2O5. The molecule has 0 saturated carbocycles. The zero-order chi connectivity index (χ0) is 20.0. The van der Waals surface area contributed by atoms with Crippen molar-refractivity contribution in [2.45, 2.75) is 58.2 Å². The highest BCUT2D eigenvalue weighted by Crippen LogP contribution is 2.10. The second-order valence-corrected chi connectivity index (χ2v) is 7.49. The molecule has 0 aliphatic rings. The lowest BCUT2D eigenvalue weighted by Crippen LogP contribution is -2.57. The maximum Gasteiger partial charge on any atom is 0.408 e. The normalized spacial score (nSPS) is 12.7. The first kappa shape index (κ1) is 21.5. The van der Waals surface area contributed by atoms with E-state index < -0.39 is 35.2 Å². The Morgan fingerprint density at radius 1 is 1.04 bits per heavy atom. The molecule has 2 N–H and O–H groups in total. The molecule has 0 bridgehead atoms. The van der Waals surface area contributed by atoms with Crippen molar-refractivity contribution >= 4 is 18.0 Å². The van der Waals surface area contributed by atoms with Gasteiger partial charge in [0.2, 0.25) is 5.91 Å². The third kappa shape index (κ3) is 7.13. The van der Waals surface area contributed by atoms with Gasteiger partial charge >= 0.3 is 12.1 Å². The molecular weight excluding hydrogens is 336 g/mol. The fraction of sp³-hybridized carbons (Fsp3) is 0.526. The van der Waals surface area contributed by atoms with Gasteiger partial charge < -0.3 is 20.1 Å². The molecule has 0 fully saturated rings. The number of amides is 2. The van der Waals surface area contributed by atoms with E-state index in [4.69, 9.17) is 9.47 Å². The predicted molar refractivity (Wildman–Crippen MR) is 97.5 cm³/mol. The number of rotatable bonds is 6. The lowest BCUT2D eigenvalue weighted by molar-refractivity contribution is -0.149. The van der Waals surface area contributed by atoms with E-state index in [1.54, 1.807) is 20.8 Å². The van der Waals surface area contributed by atoms with Gasteiger partial charge in [-0.15, -0.1) is 0 Å². The molecule has 0 heterocycles. The molecule has 0 radical (unpaired) electrons. The highest BCUT2D eigenvalue weighted by Gasteiger charge is 2.34. The van der Waals surface area contributed by atoms with Gasteiger partial charge in [0.05, 0.1) is 7.11 Å². The summed E-state index contributed by atoms with van der Waals surface area (Å²) >= 11 is 0. The summed E-state index contributed by atoms with van der Waals surface area (Å²) in [5.74, 6) is -1.09. The smallest absolute Gasteiger partial charge is 0.408 e. The number of hydrogen-bond acceptors (Lipinski definition) is 5. The Morgan fingerprint density at radius 3 is 2.12 bits per heavy atom. The summed E-state index contributed by atoms with van der Waals surface area (Å²) in [4.78, 5) is 36.6. The molecule has 1 rings (SSSR count). The molecule has 0 aliphatic carbocycles. The summed E-state index contributed by atoms with van der Waals surface area (Å²) in [5.41, 5.74) is -1.06. The van der Waals surface area contributed by atoms with Gasteiger partial charge in [0.25, 0.3) is 0 Å². The largest absolute Gasteiger partial charge is 0.467 e. The van der Waals surface area contributed by atoms with Gasteiger partial charge in [0, 0.05) is 6.42 Å². The Hall–Kier alpha value is -2.57. The summed E-state index contributed by atoms with van der Waals surface area (Å²) < 4.78 is 9.93. The fourth-order valence-corrected chi connectivity index (χ4v) is 2.21. The first-order valence-corrected chi connectivity index (χ1v) is 8.38. The minimum absolute atomic E-state index is 0.253. The van der Waals surface area contributed by atoms with E-state index in [2.05, 4.69) is 10.6 Å². The molecule has 144 valence electrons. The summed E-state index contributed by atoms with van der Waals surface area (Å²) in [5, 5.41) is 5.19. The summed E-state index contributed by atoms with van der Waals surface area (Å²) in [6.07, 6.45) is -0.451. The van der Waals surface area contributed by atoms with Gasteiger partial charge in [-0.1, -0.05) is 30.3 Å². The van der Waals surface area contributed by atoms with Crippen LogP contribution in [0.1, 0.15) is 40.2 Å². The second kappa shape index (κ2) is 8.69. The first-order valence-electron chi connectivity index (χ1n) is 8.38. The molecule has 2 amide bonds. The number of ether oxygens (including phenoxy) is 2. The number of alkyl carbamates (subject to hydrolysis) is 1. The average Bonchev–Trinajstić information content (AvgIpc) is 2.52. The number of benzene rings is 1. The van der Waals surface area contributed by atoms with Crippen LogP contribution < -0.4 is 10.6 Å². The molecule has 1 aromatic rings. The molecule has 26 heavy (non-hydrogen) atoms. The van der Waals surface area contributed by atoms with E-state index in [1.807, 2.05) is 30.3 Å². The monoisotopic (exact) mass is 364 g/mol. The van der Waals surface area contributed by atoms with E-state index in [9.17, 15) is 14.4 Å². The Kier molecular flexibility index (Phi) is 7.18. The predicted octanol–water partition coefficient (Wildman–Crippen LogP) is 2.19. The minimum atomic E-state index is -1.23. The van der Waals surface area contributed by atoms with Crippen molar-refractivity contribution in [3.05, 3.63) is 35.9 Å². The Morgan fingerprint density at radius 2 is 1.62 bits per heavy atom. The van der Waals surface area contributed by atoms with Gasteiger partial charge in [-0.3, -0.25) is 4.79 Å². The highest BCUT2D eigenvalue weighted by atomic mass is 16.6. The van der Waals surface area contributed by atoms with Crippen LogP contribution in [-0.4, -0.2) is 42.3 Å². The molecule has 0 unspecified atom stereocenters. The number of methoxy groups -OCH3 is 1. The zero-order valence-corrected chi connectivity index (χ0v) is 16.2. The summed E-state index contributed by atoms with van der Waals surface area (Å²) in [6.45, 7) is 8.27. The van der Waals surface area contributed by atoms with Crippen LogP contribution in [0, 0.1) is 0 Å². The van der Waals surface area contributed by atoms with Crippen molar-refractivity contribution in [2.75, 3.05) is 7.11 Å². The standard InChI is InChI=1S/C19H28N2O5/c1-18(2,3)26-17(24)20-14(12-13-10-8-7-9-11-13)15(22)21-19(4,5)16(23)25-6/h7-11,14H,12H2,1-6H3,(H,20,24)(H,21,22)/t14-/m0/s1. The van der Waals surface area contributed by atoms with E-state index in [-0.39, 0.29) is 6.42 Å². The molecule has 1 aromatic carbocycles. The van der Waals surface area contributed by atoms with Crippen molar-refractivity contribution in [3.63, 3.8) is 0 Å². The van der Waals surface area contributed by atoms with Crippen LogP contribution in [0.5, 0.6) is 0 Å². The van der Waals surface area contributed by atoms with E-state index in [1.165, 1.54) is 21.0 Å². The maximum absolute atomic E-state index is 12.7. The molecule has 7 heteroatoms. The maximum atomic E-state index is 12.7. The van der Waals surface area contributed by atoms with Crippen LogP contribution in [0.2, 0.25) is 0 Å². The first-order chi connectivity index (χ1) is 11.9. The van der Waals surface area contributed by atoms with Gasteiger partial charge in [-0.05, 0) is 40.2 Å². The number of nitrogens with one attached hydrogen (secondary N) is 2. The van der Waals surface area contributed by atoms with Crippen LogP contribution in [0.15, 0.2) is 30.3 Å². The lowest BCUT2D eigenvalue weighted by Gasteiger charge is -2.27. The molecule has 0 aromatic heterocycles. The number of carbonyl (C=O) groups is 3. The molecule has 0 saturated heterocycles. The molecule has 0 spiro atoms. The Balaban J connectivity index is 2.94. The van der Waals surface area contributed by atoms with Crippen LogP contribution in [-0.2, 0) is 25.5 Å². The second-order valence-electron chi connectivity index (χ2n) is 7.49. The zero-order valence-electron chi connectivity index (χ0n) is 16.2. The SMILES string of the molecule is COC(=O)C(C)(C)NC(=O)[C@H](Cc1ccccc1)NC(=O)OC(C)(C)C. The van der Waals surface area contributed by atoms with E-state index >= 15 is 0 Å². The number of carbonyl (C=O) groups excluding carboxylic acids is 3. The number of hydrogen-bond donors (Lipinski definition) is 2. The number of esters is 1. The van der Waals surface area contributed by atoms with Gasteiger partial charge in [-0.2, -0.15) is 0 Å².